The van der Waals surface area contributed by atoms with Gasteiger partial charge in [0, 0.05) is 45.2 Å². The van der Waals surface area contributed by atoms with Gasteiger partial charge < -0.3 is 14.9 Å². The van der Waals surface area contributed by atoms with Crippen molar-refractivity contribution in [3.8, 4) is 0 Å². The van der Waals surface area contributed by atoms with E-state index in [2.05, 4.69) is 9.97 Å². The van der Waals surface area contributed by atoms with Crippen LogP contribution in [-0.2, 0) is 9.59 Å². The first kappa shape index (κ1) is 16.9. The molecule has 0 atom stereocenters. The van der Waals surface area contributed by atoms with Gasteiger partial charge in [-0.2, -0.15) is 0 Å². The van der Waals surface area contributed by atoms with Crippen LogP contribution >= 0.6 is 0 Å². The van der Waals surface area contributed by atoms with Crippen molar-refractivity contribution in [3.63, 3.8) is 0 Å². The maximum absolute atomic E-state index is 12.3. The lowest BCUT2D eigenvalue weighted by Crippen LogP contribution is -2.50. The van der Waals surface area contributed by atoms with Crippen molar-refractivity contribution in [2.45, 2.75) is 26.2 Å². The maximum atomic E-state index is 12.3. The Hall–Kier alpha value is -2.51. The Morgan fingerprint density at radius 1 is 1.04 bits per heavy atom. The molecule has 2 heterocycles. The molecular weight excluding hydrogens is 300 g/mol. The predicted octanol–water partition coefficient (Wildman–Crippen LogP) is 0.324. The molecule has 0 saturated carbocycles. The van der Waals surface area contributed by atoms with Gasteiger partial charge in [-0.15, -0.1) is 0 Å². The summed E-state index contributed by atoms with van der Waals surface area (Å²) in [5, 5.41) is 8.58. The molecule has 1 N–H and O–H groups in total. The van der Waals surface area contributed by atoms with Crippen LogP contribution in [0.1, 0.15) is 35.4 Å². The first-order valence-corrected chi connectivity index (χ1v) is 7.55. The lowest BCUT2D eigenvalue weighted by Gasteiger charge is -2.34. The summed E-state index contributed by atoms with van der Waals surface area (Å²) in [6.45, 7) is 3.60. The van der Waals surface area contributed by atoms with Gasteiger partial charge in [0.1, 0.15) is 5.69 Å². The summed E-state index contributed by atoms with van der Waals surface area (Å²) in [7, 11) is 0. The molecule has 0 spiro atoms. The summed E-state index contributed by atoms with van der Waals surface area (Å²) >= 11 is 0. The zero-order valence-electron chi connectivity index (χ0n) is 13.1. The van der Waals surface area contributed by atoms with Crippen LogP contribution in [-0.4, -0.2) is 68.8 Å². The molecule has 23 heavy (non-hydrogen) atoms. The molecule has 8 heteroatoms. The zero-order valence-corrected chi connectivity index (χ0v) is 13.1. The van der Waals surface area contributed by atoms with Crippen LogP contribution in [0.2, 0.25) is 0 Å². The molecule has 2 amide bonds. The molecule has 124 valence electrons. The van der Waals surface area contributed by atoms with Crippen LogP contribution < -0.4 is 0 Å². The van der Waals surface area contributed by atoms with Crippen LogP contribution in [0.4, 0.5) is 0 Å². The number of carbonyl (C=O) groups is 3. The summed E-state index contributed by atoms with van der Waals surface area (Å²) < 4.78 is 0. The van der Waals surface area contributed by atoms with Crippen LogP contribution in [0.25, 0.3) is 0 Å². The first-order chi connectivity index (χ1) is 11.0. The molecule has 1 fully saturated rings. The summed E-state index contributed by atoms with van der Waals surface area (Å²) in [6.07, 6.45) is 3.57. The molecule has 8 nitrogen and oxygen atoms in total. The molecule has 0 aliphatic carbocycles. The van der Waals surface area contributed by atoms with Gasteiger partial charge in [-0.25, -0.2) is 4.98 Å². The second-order valence-corrected chi connectivity index (χ2v) is 5.46. The van der Waals surface area contributed by atoms with E-state index < -0.39 is 5.97 Å². The minimum Gasteiger partial charge on any atom is -0.481 e. The average Bonchev–Trinajstić information content (AvgIpc) is 2.54. The molecule has 2 rings (SSSR count). The number of carboxylic acid groups (broad SMARTS) is 1. The third-order valence-electron chi connectivity index (χ3n) is 3.70. The molecule has 1 aromatic rings. The van der Waals surface area contributed by atoms with Gasteiger partial charge >= 0.3 is 5.97 Å². The van der Waals surface area contributed by atoms with E-state index in [0.29, 0.717) is 38.3 Å². The van der Waals surface area contributed by atoms with E-state index in [1.54, 1.807) is 22.9 Å². The van der Waals surface area contributed by atoms with Crippen LogP contribution in [0.5, 0.6) is 0 Å². The number of piperazine rings is 1. The lowest BCUT2D eigenvalue weighted by atomic mass is 10.2. The number of hydrogen-bond donors (Lipinski definition) is 1. The van der Waals surface area contributed by atoms with E-state index in [9.17, 15) is 14.4 Å². The lowest BCUT2D eigenvalue weighted by molar-refractivity contribution is -0.137. The van der Waals surface area contributed by atoms with Crippen molar-refractivity contribution in [2.75, 3.05) is 26.2 Å². The van der Waals surface area contributed by atoms with E-state index in [4.69, 9.17) is 5.11 Å². The predicted molar refractivity (Wildman–Crippen MR) is 80.7 cm³/mol. The van der Waals surface area contributed by atoms with Crippen LogP contribution in [0, 0.1) is 6.92 Å². The highest BCUT2D eigenvalue weighted by atomic mass is 16.4. The van der Waals surface area contributed by atoms with Gasteiger partial charge in [0.2, 0.25) is 5.91 Å². The Balaban J connectivity index is 1.81. The van der Waals surface area contributed by atoms with Crippen molar-refractivity contribution in [1.29, 1.82) is 0 Å². The number of aromatic nitrogens is 2. The third kappa shape index (κ3) is 4.73. The minimum atomic E-state index is -0.896. The Bertz CT molecular complexity index is 580. The summed E-state index contributed by atoms with van der Waals surface area (Å²) in [4.78, 5) is 46.2. The number of carbonyl (C=O) groups excluding carboxylic acids is 2. The summed E-state index contributed by atoms with van der Waals surface area (Å²) in [5.41, 5.74) is 1.05. The zero-order chi connectivity index (χ0) is 16.8. The molecule has 0 unspecified atom stereocenters. The van der Waals surface area contributed by atoms with E-state index in [0.717, 1.165) is 5.69 Å². The number of hydrogen-bond acceptors (Lipinski definition) is 5. The van der Waals surface area contributed by atoms with Gasteiger partial charge in [-0.3, -0.25) is 19.4 Å². The normalized spacial score (nSPS) is 14.7. The average molecular weight is 320 g/mol. The first-order valence-electron chi connectivity index (χ1n) is 7.55. The monoisotopic (exact) mass is 320 g/mol. The molecule has 0 aromatic carbocycles. The molecule has 1 aromatic heterocycles. The standard InChI is InChI=1S/C15H20N4O4/c1-11-9-17-12(10-16-11)15(23)19-7-5-18(6-8-19)13(20)3-2-4-14(21)22/h9-10H,2-8H2,1H3,(H,21,22). The number of aliphatic carboxylic acids is 1. The second kappa shape index (κ2) is 7.66. The topological polar surface area (TPSA) is 104 Å². The maximum Gasteiger partial charge on any atom is 0.303 e. The fourth-order valence-electron chi connectivity index (χ4n) is 2.37. The van der Waals surface area contributed by atoms with Gasteiger partial charge in [0.15, 0.2) is 0 Å². The fraction of sp³-hybridized carbons (Fsp3) is 0.533. The van der Waals surface area contributed by atoms with Crippen LogP contribution in [0.3, 0.4) is 0 Å². The molecular formula is C15H20N4O4. The largest absolute Gasteiger partial charge is 0.481 e. The van der Waals surface area contributed by atoms with Crippen molar-refractivity contribution in [1.82, 2.24) is 19.8 Å². The Labute approximate surface area is 134 Å². The Kier molecular flexibility index (Phi) is 5.61. The minimum absolute atomic E-state index is 0.00369. The van der Waals surface area contributed by atoms with E-state index in [1.807, 2.05) is 0 Å². The summed E-state index contributed by atoms with van der Waals surface area (Å²) in [6, 6.07) is 0. The molecule has 0 bridgehead atoms. The number of nitrogens with zero attached hydrogens (tertiary/aromatic N) is 4. The highest BCUT2D eigenvalue weighted by Gasteiger charge is 2.25. The molecule has 1 aliphatic heterocycles. The molecule has 0 radical (unpaired) electrons. The van der Waals surface area contributed by atoms with Gasteiger partial charge in [0.05, 0.1) is 11.9 Å². The highest BCUT2D eigenvalue weighted by Crippen LogP contribution is 2.09. The van der Waals surface area contributed by atoms with E-state index >= 15 is 0 Å². The van der Waals surface area contributed by atoms with E-state index in [1.165, 1.54) is 6.20 Å². The smallest absolute Gasteiger partial charge is 0.303 e. The van der Waals surface area contributed by atoms with Gasteiger partial charge in [-0.1, -0.05) is 0 Å². The van der Waals surface area contributed by atoms with Crippen LogP contribution in [0.15, 0.2) is 12.4 Å². The fourth-order valence-corrected chi connectivity index (χ4v) is 2.37. The van der Waals surface area contributed by atoms with Gasteiger partial charge in [-0.05, 0) is 13.3 Å². The number of rotatable bonds is 5. The van der Waals surface area contributed by atoms with Gasteiger partial charge in [0.25, 0.3) is 5.91 Å². The molecule has 1 saturated heterocycles. The summed E-state index contributed by atoms with van der Waals surface area (Å²) in [5.74, 6) is -1.14. The third-order valence-corrected chi connectivity index (χ3v) is 3.70. The SMILES string of the molecule is Cc1cnc(C(=O)N2CCN(C(=O)CCCC(=O)O)CC2)cn1. The van der Waals surface area contributed by atoms with Crippen molar-refractivity contribution >= 4 is 17.8 Å². The quantitative estimate of drug-likeness (QED) is 0.838. The number of aryl methyl sites for hydroxylation is 1. The van der Waals surface area contributed by atoms with Crippen molar-refractivity contribution in [2.24, 2.45) is 0 Å². The van der Waals surface area contributed by atoms with E-state index in [-0.39, 0.29) is 24.7 Å². The molecule has 1 aliphatic rings. The second-order valence-electron chi connectivity index (χ2n) is 5.46. The Morgan fingerprint density at radius 3 is 2.26 bits per heavy atom. The number of carboxylic acids is 1. The van der Waals surface area contributed by atoms with Crippen molar-refractivity contribution in [3.05, 3.63) is 23.8 Å². The Morgan fingerprint density at radius 2 is 1.70 bits per heavy atom. The highest BCUT2D eigenvalue weighted by molar-refractivity contribution is 5.92. The van der Waals surface area contributed by atoms with Crippen molar-refractivity contribution < 1.29 is 19.5 Å². The number of amides is 2.